The Hall–Kier alpha value is -3.84. The molecule has 13 heteroatoms. The number of benzene rings is 2. The summed E-state index contributed by atoms with van der Waals surface area (Å²) in [4.78, 5) is 50.3. The Morgan fingerprint density at radius 3 is 2.05 bits per heavy atom. The topological polar surface area (TPSA) is 156 Å². The molecule has 0 heterocycles. The molecule has 0 aliphatic rings. The molecule has 0 aromatic heterocycles. The number of hydrogen-bond donors (Lipinski definition) is 1. The second-order valence-corrected chi connectivity index (χ2v) is 11.4. The lowest BCUT2D eigenvalue weighted by Crippen LogP contribution is -2.58. The van der Waals surface area contributed by atoms with E-state index in [1.54, 1.807) is 44.2 Å². The Bertz CT molecular complexity index is 1280. The molecule has 0 aliphatic carbocycles. The summed E-state index contributed by atoms with van der Waals surface area (Å²) < 4.78 is 32.4. The number of carbonyl (C=O) groups excluding carboxylic acids is 3. The molecule has 0 radical (unpaired) electrons. The van der Waals surface area contributed by atoms with Crippen molar-refractivity contribution in [1.82, 2.24) is 14.5 Å². The first kappa shape index (κ1) is 31.4. The zero-order valence-electron chi connectivity index (χ0n) is 22.7. The van der Waals surface area contributed by atoms with Gasteiger partial charge >= 0.3 is 5.97 Å². The molecule has 1 N–H and O–H groups in total. The molecule has 2 rings (SSSR count). The number of ether oxygens (including phenoxy) is 1. The number of hydrogen-bond acceptors (Lipinski definition) is 8. The molecule has 0 spiro atoms. The molecule has 12 nitrogen and oxygen atoms in total. The van der Waals surface area contributed by atoms with E-state index in [9.17, 15) is 32.9 Å². The quantitative estimate of drug-likeness (QED) is 0.234. The van der Waals surface area contributed by atoms with Crippen LogP contribution in [0.2, 0.25) is 0 Å². The van der Waals surface area contributed by atoms with Crippen LogP contribution in [-0.2, 0) is 35.6 Å². The summed E-state index contributed by atoms with van der Waals surface area (Å²) in [7, 11) is -0.399. The molecule has 3 atom stereocenters. The highest BCUT2D eigenvalue weighted by molar-refractivity contribution is 7.89. The van der Waals surface area contributed by atoms with Crippen molar-refractivity contribution in [3.05, 3.63) is 70.3 Å². The molecule has 0 bridgehead atoms. The Kier molecular flexibility index (Phi) is 10.7. The van der Waals surface area contributed by atoms with E-state index in [0.29, 0.717) is 0 Å². The van der Waals surface area contributed by atoms with Gasteiger partial charge in [-0.25, -0.2) is 13.2 Å². The van der Waals surface area contributed by atoms with Gasteiger partial charge < -0.3 is 15.0 Å². The summed E-state index contributed by atoms with van der Waals surface area (Å²) in [5.41, 5.74) is 0.472. The number of rotatable bonds is 12. The van der Waals surface area contributed by atoms with Gasteiger partial charge in [-0.2, -0.15) is 4.31 Å². The number of sulfonamides is 1. The van der Waals surface area contributed by atoms with Crippen LogP contribution in [0.5, 0.6) is 0 Å². The average Bonchev–Trinajstić information content (AvgIpc) is 2.90. The first-order valence-electron chi connectivity index (χ1n) is 12.1. The van der Waals surface area contributed by atoms with Crippen molar-refractivity contribution in [2.24, 2.45) is 5.92 Å². The van der Waals surface area contributed by atoms with Crippen LogP contribution < -0.4 is 5.32 Å². The number of methoxy groups -OCH3 is 1. The Morgan fingerprint density at radius 1 is 1.00 bits per heavy atom. The van der Waals surface area contributed by atoms with Gasteiger partial charge in [-0.3, -0.25) is 19.7 Å². The van der Waals surface area contributed by atoms with E-state index in [0.717, 1.165) is 34.1 Å². The van der Waals surface area contributed by atoms with E-state index in [2.05, 4.69) is 10.1 Å². The van der Waals surface area contributed by atoms with Gasteiger partial charge in [-0.15, -0.1) is 0 Å². The van der Waals surface area contributed by atoms with Gasteiger partial charge in [0, 0.05) is 32.6 Å². The van der Waals surface area contributed by atoms with Crippen LogP contribution in [0.4, 0.5) is 5.69 Å². The third-order valence-electron chi connectivity index (χ3n) is 6.30. The van der Waals surface area contributed by atoms with Crippen LogP contribution in [0.1, 0.15) is 26.3 Å². The second kappa shape index (κ2) is 13.3. The number of esters is 1. The maximum absolute atomic E-state index is 13.8. The normalized spacial score (nSPS) is 13.8. The number of non-ortho nitro benzene ring substituents is 1. The van der Waals surface area contributed by atoms with Crippen molar-refractivity contribution < 1.29 is 32.5 Å². The standard InChI is InChI=1S/C26H34N4O8S/c1-17(2)23(29(5)39(36,37)21-14-12-20(13-15-21)30(34)35)25(32)28(4)22(16-19-10-8-7-9-11-19)24(31)27-18(3)26(33)38-6/h7-15,17-18,22-23H,16H2,1-6H3,(H,27,31)/t18-,22-,23-/m0/s1. The molecule has 2 aromatic carbocycles. The van der Waals surface area contributed by atoms with Crippen LogP contribution in [0, 0.1) is 16.0 Å². The zero-order valence-corrected chi connectivity index (χ0v) is 23.5. The summed E-state index contributed by atoms with van der Waals surface area (Å²) in [5, 5.41) is 13.5. The minimum absolute atomic E-state index is 0.104. The second-order valence-electron chi connectivity index (χ2n) is 9.37. The molecular formula is C26H34N4O8S. The minimum Gasteiger partial charge on any atom is -0.467 e. The highest BCUT2D eigenvalue weighted by Gasteiger charge is 2.40. The van der Waals surface area contributed by atoms with E-state index >= 15 is 0 Å². The predicted octanol–water partition coefficient (Wildman–Crippen LogP) is 1.99. The highest BCUT2D eigenvalue weighted by atomic mass is 32.2. The molecule has 0 saturated heterocycles. The van der Waals surface area contributed by atoms with Gasteiger partial charge in [0.15, 0.2) is 0 Å². The van der Waals surface area contributed by atoms with Crippen molar-refractivity contribution in [2.75, 3.05) is 21.2 Å². The van der Waals surface area contributed by atoms with Gasteiger partial charge in [0.25, 0.3) is 5.69 Å². The number of likely N-dealkylation sites (N-methyl/N-ethyl adjacent to an activating group) is 2. The number of carbonyl (C=O) groups is 3. The van der Waals surface area contributed by atoms with Crippen LogP contribution in [-0.4, -0.2) is 79.7 Å². The first-order valence-corrected chi connectivity index (χ1v) is 13.6. The fourth-order valence-electron chi connectivity index (χ4n) is 4.07. The van der Waals surface area contributed by atoms with Crippen molar-refractivity contribution in [3.8, 4) is 0 Å². The summed E-state index contributed by atoms with van der Waals surface area (Å²) in [6, 6.07) is 10.0. The lowest BCUT2D eigenvalue weighted by atomic mass is 9.99. The van der Waals surface area contributed by atoms with E-state index in [4.69, 9.17) is 0 Å². The van der Waals surface area contributed by atoms with Gasteiger partial charge in [0.1, 0.15) is 18.1 Å². The molecule has 212 valence electrons. The predicted molar refractivity (Wildman–Crippen MR) is 143 cm³/mol. The summed E-state index contributed by atoms with van der Waals surface area (Å²) in [6.45, 7) is 4.79. The van der Waals surface area contributed by atoms with Crippen LogP contribution in [0.3, 0.4) is 0 Å². The zero-order chi connectivity index (χ0) is 29.5. The van der Waals surface area contributed by atoms with Crippen LogP contribution in [0.15, 0.2) is 59.5 Å². The van der Waals surface area contributed by atoms with Crippen molar-refractivity contribution in [2.45, 2.75) is 50.2 Å². The van der Waals surface area contributed by atoms with E-state index in [1.165, 1.54) is 33.0 Å². The van der Waals surface area contributed by atoms with Gasteiger partial charge in [-0.1, -0.05) is 44.2 Å². The number of nitro benzene ring substituents is 1. The largest absolute Gasteiger partial charge is 0.467 e. The van der Waals surface area contributed by atoms with Crippen molar-refractivity contribution >= 4 is 33.5 Å². The fourth-order valence-corrected chi connectivity index (χ4v) is 5.51. The van der Waals surface area contributed by atoms with Crippen LogP contribution >= 0.6 is 0 Å². The fraction of sp³-hybridized carbons (Fsp3) is 0.423. The number of nitro groups is 1. The SMILES string of the molecule is COC(=O)[C@H](C)NC(=O)[C@H](Cc1ccccc1)N(C)C(=O)[C@H](C(C)C)N(C)S(=O)(=O)c1ccc([N+](=O)[O-])cc1. The maximum atomic E-state index is 13.8. The Labute approximate surface area is 228 Å². The summed E-state index contributed by atoms with van der Waals surface area (Å²) in [5.74, 6) is -2.42. The maximum Gasteiger partial charge on any atom is 0.328 e. The molecule has 2 amide bonds. The highest BCUT2D eigenvalue weighted by Crippen LogP contribution is 2.24. The third kappa shape index (κ3) is 7.60. The minimum atomic E-state index is -4.24. The molecule has 0 fully saturated rings. The Balaban J connectivity index is 2.42. The monoisotopic (exact) mass is 562 g/mol. The van der Waals surface area contributed by atoms with E-state index in [1.807, 2.05) is 0 Å². The van der Waals surface area contributed by atoms with Crippen molar-refractivity contribution in [3.63, 3.8) is 0 Å². The van der Waals surface area contributed by atoms with E-state index in [-0.39, 0.29) is 17.0 Å². The first-order chi connectivity index (χ1) is 18.2. The number of amides is 2. The van der Waals surface area contributed by atoms with Crippen LogP contribution in [0.25, 0.3) is 0 Å². The molecule has 39 heavy (non-hydrogen) atoms. The summed E-state index contributed by atoms with van der Waals surface area (Å²) in [6.07, 6.45) is 0.104. The van der Waals surface area contributed by atoms with Gasteiger partial charge in [-0.05, 0) is 30.5 Å². The Morgan fingerprint density at radius 2 is 1.56 bits per heavy atom. The molecule has 0 unspecified atom stereocenters. The molecule has 2 aromatic rings. The third-order valence-corrected chi connectivity index (χ3v) is 8.16. The number of nitrogens with one attached hydrogen (secondary N) is 1. The lowest BCUT2D eigenvalue weighted by Gasteiger charge is -2.36. The average molecular weight is 563 g/mol. The van der Waals surface area contributed by atoms with Gasteiger partial charge in [0.2, 0.25) is 21.8 Å². The van der Waals surface area contributed by atoms with Crippen molar-refractivity contribution in [1.29, 1.82) is 0 Å². The number of nitrogens with zero attached hydrogens (tertiary/aromatic N) is 3. The molecule has 0 aliphatic heterocycles. The molecule has 0 saturated carbocycles. The smallest absolute Gasteiger partial charge is 0.328 e. The van der Waals surface area contributed by atoms with E-state index < -0.39 is 56.8 Å². The molecular weight excluding hydrogens is 528 g/mol. The lowest BCUT2D eigenvalue weighted by molar-refractivity contribution is -0.384. The summed E-state index contributed by atoms with van der Waals surface area (Å²) >= 11 is 0. The van der Waals surface area contributed by atoms with Gasteiger partial charge in [0.05, 0.1) is 16.9 Å².